The van der Waals surface area contributed by atoms with Crippen LogP contribution in [0.1, 0.15) is 25.7 Å². The largest absolute Gasteiger partial charge is 0.465 e. The predicted octanol–water partition coefficient (Wildman–Crippen LogP) is 3.79. The molecule has 0 saturated carbocycles. The van der Waals surface area contributed by atoms with Crippen molar-refractivity contribution >= 4 is 28.9 Å². The number of fused-ring (bicyclic) bond motifs is 1. The first-order valence-corrected chi connectivity index (χ1v) is 8.52. The number of ether oxygens (including phenoxy) is 1. The first-order chi connectivity index (χ1) is 10.7. The van der Waals surface area contributed by atoms with E-state index in [4.69, 9.17) is 16.3 Å². The van der Waals surface area contributed by atoms with Gasteiger partial charge < -0.3 is 4.74 Å². The molecule has 22 heavy (non-hydrogen) atoms. The fourth-order valence-corrected chi connectivity index (χ4v) is 4.12. The molecular formula is C17H18ClNO2S. The SMILES string of the molecule is COC(=O)c1cc2c(s1)CCN(Cc1cccc(Cl)c1)CC2. The molecule has 5 heteroatoms. The molecule has 1 aromatic heterocycles. The summed E-state index contributed by atoms with van der Waals surface area (Å²) >= 11 is 7.62. The number of benzene rings is 1. The predicted molar refractivity (Wildman–Crippen MR) is 89.8 cm³/mol. The highest BCUT2D eigenvalue weighted by Gasteiger charge is 2.19. The lowest BCUT2D eigenvalue weighted by Crippen LogP contribution is -2.25. The zero-order valence-corrected chi connectivity index (χ0v) is 14.0. The van der Waals surface area contributed by atoms with E-state index in [2.05, 4.69) is 11.0 Å². The number of hydrogen-bond acceptors (Lipinski definition) is 4. The van der Waals surface area contributed by atoms with Gasteiger partial charge in [0.25, 0.3) is 0 Å². The molecule has 0 spiro atoms. The third-order valence-electron chi connectivity index (χ3n) is 3.93. The highest BCUT2D eigenvalue weighted by molar-refractivity contribution is 7.14. The summed E-state index contributed by atoms with van der Waals surface area (Å²) in [6, 6.07) is 10.0. The van der Waals surface area contributed by atoms with Gasteiger partial charge in [0.1, 0.15) is 4.88 Å². The van der Waals surface area contributed by atoms with Gasteiger partial charge in [-0.15, -0.1) is 11.3 Å². The lowest BCUT2D eigenvalue weighted by atomic mass is 10.1. The van der Waals surface area contributed by atoms with Crippen LogP contribution in [0, 0.1) is 0 Å². The Bertz CT molecular complexity index is 658. The minimum Gasteiger partial charge on any atom is -0.465 e. The van der Waals surface area contributed by atoms with Crippen molar-refractivity contribution in [2.45, 2.75) is 19.4 Å². The van der Waals surface area contributed by atoms with E-state index in [9.17, 15) is 4.79 Å². The summed E-state index contributed by atoms with van der Waals surface area (Å²) in [5, 5.41) is 0.786. The van der Waals surface area contributed by atoms with E-state index in [0.717, 1.165) is 42.4 Å². The van der Waals surface area contributed by atoms with Crippen LogP contribution in [-0.2, 0) is 24.1 Å². The first-order valence-electron chi connectivity index (χ1n) is 7.32. The van der Waals surface area contributed by atoms with Crippen LogP contribution in [0.25, 0.3) is 0 Å². The molecule has 1 aromatic carbocycles. The third-order valence-corrected chi connectivity index (χ3v) is 5.38. The summed E-state index contributed by atoms with van der Waals surface area (Å²) in [6.07, 6.45) is 1.96. The third kappa shape index (κ3) is 3.51. The van der Waals surface area contributed by atoms with Crippen molar-refractivity contribution < 1.29 is 9.53 Å². The van der Waals surface area contributed by atoms with Crippen LogP contribution >= 0.6 is 22.9 Å². The minimum absolute atomic E-state index is 0.228. The molecule has 2 aromatic rings. The van der Waals surface area contributed by atoms with Crippen molar-refractivity contribution in [3.63, 3.8) is 0 Å². The summed E-state index contributed by atoms with van der Waals surface area (Å²) in [4.78, 5) is 16.1. The fourth-order valence-electron chi connectivity index (χ4n) is 2.79. The quantitative estimate of drug-likeness (QED) is 0.799. The molecule has 0 saturated heterocycles. The van der Waals surface area contributed by atoms with Crippen molar-refractivity contribution in [2.75, 3.05) is 20.2 Å². The number of nitrogens with zero attached hydrogens (tertiary/aromatic N) is 1. The topological polar surface area (TPSA) is 29.5 Å². The van der Waals surface area contributed by atoms with Crippen molar-refractivity contribution in [2.24, 2.45) is 0 Å². The van der Waals surface area contributed by atoms with Crippen molar-refractivity contribution in [1.82, 2.24) is 4.90 Å². The van der Waals surface area contributed by atoms with Gasteiger partial charge in [-0.05, 0) is 42.2 Å². The number of halogens is 1. The highest BCUT2D eigenvalue weighted by atomic mass is 35.5. The second-order valence-electron chi connectivity index (χ2n) is 5.46. The molecule has 0 N–H and O–H groups in total. The Kier molecular flexibility index (Phi) is 4.81. The summed E-state index contributed by atoms with van der Waals surface area (Å²) in [5.41, 5.74) is 2.53. The number of thiophene rings is 1. The smallest absolute Gasteiger partial charge is 0.348 e. The molecule has 0 unspecified atom stereocenters. The monoisotopic (exact) mass is 335 g/mol. The molecule has 0 bridgehead atoms. The van der Waals surface area contributed by atoms with Crippen molar-refractivity contribution in [3.8, 4) is 0 Å². The van der Waals surface area contributed by atoms with Gasteiger partial charge in [-0.2, -0.15) is 0 Å². The molecule has 1 aliphatic rings. The van der Waals surface area contributed by atoms with Gasteiger partial charge in [-0.3, -0.25) is 4.90 Å². The molecule has 2 heterocycles. The van der Waals surface area contributed by atoms with Gasteiger partial charge in [0.05, 0.1) is 7.11 Å². The molecule has 3 rings (SSSR count). The van der Waals surface area contributed by atoms with Crippen LogP contribution in [-0.4, -0.2) is 31.1 Å². The molecule has 116 valence electrons. The van der Waals surface area contributed by atoms with E-state index in [1.807, 2.05) is 24.3 Å². The Hall–Kier alpha value is -1.36. The van der Waals surface area contributed by atoms with Gasteiger partial charge in [0, 0.05) is 29.5 Å². The fraction of sp³-hybridized carbons (Fsp3) is 0.353. The zero-order chi connectivity index (χ0) is 15.5. The minimum atomic E-state index is -0.228. The van der Waals surface area contributed by atoms with E-state index in [1.165, 1.54) is 23.1 Å². The molecule has 0 aliphatic carbocycles. The number of rotatable bonds is 3. The standard InChI is InChI=1S/C17H18ClNO2S/c1-21-17(20)16-10-13-5-7-19(8-6-15(13)22-16)11-12-3-2-4-14(18)9-12/h2-4,9-10H,5-8,11H2,1H3. The van der Waals surface area contributed by atoms with Crippen LogP contribution in [0.3, 0.4) is 0 Å². The Balaban J connectivity index is 1.66. The lowest BCUT2D eigenvalue weighted by Gasteiger charge is -2.19. The van der Waals surface area contributed by atoms with E-state index in [0.29, 0.717) is 0 Å². The average Bonchev–Trinajstić information content (AvgIpc) is 2.84. The van der Waals surface area contributed by atoms with Crippen LogP contribution in [0.2, 0.25) is 5.02 Å². The first kappa shape index (κ1) is 15.5. The Labute approximate surface area is 139 Å². The summed E-state index contributed by atoms with van der Waals surface area (Å²) in [7, 11) is 1.43. The maximum Gasteiger partial charge on any atom is 0.348 e. The van der Waals surface area contributed by atoms with E-state index in [1.54, 1.807) is 11.3 Å². The van der Waals surface area contributed by atoms with Crippen LogP contribution in [0.5, 0.6) is 0 Å². The summed E-state index contributed by atoms with van der Waals surface area (Å²) in [6.45, 7) is 2.91. The second-order valence-corrected chi connectivity index (χ2v) is 7.03. The summed E-state index contributed by atoms with van der Waals surface area (Å²) in [5.74, 6) is -0.228. The number of carbonyl (C=O) groups is 1. The molecule has 1 aliphatic heterocycles. The highest BCUT2D eigenvalue weighted by Crippen LogP contribution is 2.27. The maximum absolute atomic E-state index is 11.6. The molecule has 3 nitrogen and oxygen atoms in total. The van der Waals surface area contributed by atoms with Gasteiger partial charge in [0.15, 0.2) is 0 Å². The molecule has 0 atom stereocenters. The molecule has 0 fully saturated rings. The van der Waals surface area contributed by atoms with Crippen LogP contribution in [0.4, 0.5) is 0 Å². The van der Waals surface area contributed by atoms with E-state index >= 15 is 0 Å². The molecule has 0 radical (unpaired) electrons. The Morgan fingerprint density at radius 2 is 2.14 bits per heavy atom. The van der Waals surface area contributed by atoms with Crippen LogP contribution in [0.15, 0.2) is 30.3 Å². The Morgan fingerprint density at radius 3 is 2.91 bits per heavy atom. The summed E-state index contributed by atoms with van der Waals surface area (Å²) < 4.78 is 4.81. The number of methoxy groups -OCH3 is 1. The van der Waals surface area contributed by atoms with Crippen molar-refractivity contribution in [3.05, 3.63) is 56.2 Å². The van der Waals surface area contributed by atoms with Gasteiger partial charge >= 0.3 is 5.97 Å². The van der Waals surface area contributed by atoms with Gasteiger partial charge in [-0.1, -0.05) is 23.7 Å². The maximum atomic E-state index is 11.6. The second kappa shape index (κ2) is 6.82. The molecule has 0 amide bonds. The molecular weight excluding hydrogens is 318 g/mol. The Morgan fingerprint density at radius 1 is 1.32 bits per heavy atom. The zero-order valence-electron chi connectivity index (χ0n) is 12.5. The van der Waals surface area contributed by atoms with E-state index in [-0.39, 0.29) is 5.97 Å². The number of hydrogen-bond donors (Lipinski definition) is 0. The van der Waals surface area contributed by atoms with E-state index < -0.39 is 0 Å². The number of esters is 1. The lowest BCUT2D eigenvalue weighted by molar-refractivity contribution is 0.0606. The van der Waals surface area contributed by atoms with Gasteiger partial charge in [0.2, 0.25) is 0 Å². The van der Waals surface area contributed by atoms with Gasteiger partial charge in [-0.25, -0.2) is 4.79 Å². The average molecular weight is 336 g/mol. The van der Waals surface area contributed by atoms with Crippen molar-refractivity contribution in [1.29, 1.82) is 0 Å². The number of carbonyl (C=O) groups excluding carboxylic acids is 1. The normalized spacial score (nSPS) is 15.2. The van der Waals surface area contributed by atoms with Crippen LogP contribution < -0.4 is 0 Å².